The lowest BCUT2D eigenvalue weighted by atomic mass is 9.98. The number of hydrogen-bond acceptors (Lipinski definition) is 4. The van der Waals surface area contributed by atoms with Gasteiger partial charge in [0.1, 0.15) is 6.10 Å². The Morgan fingerprint density at radius 3 is 2.67 bits per heavy atom. The normalized spacial score (nSPS) is 17.3. The molecule has 0 radical (unpaired) electrons. The Morgan fingerprint density at radius 1 is 1.28 bits per heavy atom. The number of benzene rings is 1. The quantitative estimate of drug-likeness (QED) is 0.572. The van der Waals surface area contributed by atoms with E-state index in [1.54, 1.807) is 12.1 Å². The van der Waals surface area contributed by atoms with Gasteiger partial charge in [-0.25, -0.2) is 0 Å². The molecule has 0 saturated heterocycles. The number of amides is 1. The monoisotopic (exact) mass is 313 g/mol. The first kappa shape index (κ1) is 13.2. The van der Waals surface area contributed by atoms with Crippen molar-refractivity contribution in [2.45, 2.75) is 18.6 Å². The third-order valence-corrected chi connectivity index (χ3v) is 3.33. The van der Waals surface area contributed by atoms with Crippen LogP contribution in [-0.2, 0) is 4.79 Å². The summed E-state index contributed by atoms with van der Waals surface area (Å²) in [4.78, 5) is 22.8. The highest BCUT2D eigenvalue weighted by atomic mass is 79.9. The molecule has 3 N–H and O–H groups in total. The summed E-state index contributed by atoms with van der Waals surface area (Å²) < 4.78 is 0. The van der Waals surface area contributed by atoms with Crippen molar-refractivity contribution < 1.29 is 19.8 Å². The first-order valence-electron chi connectivity index (χ1n) is 5.47. The molecular formula is C12H12BrNO4. The Kier molecular flexibility index (Phi) is 3.79. The van der Waals surface area contributed by atoms with Gasteiger partial charge in [0, 0.05) is 10.9 Å². The molecule has 2 atom stereocenters. The molecular weight excluding hydrogens is 302 g/mol. The molecule has 0 spiro atoms. The maximum absolute atomic E-state index is 11.5. The summed E-state index contributed by atoms with van der Waals surface area (Å²) in [6.07, 6.45) is -1.72. The summed E-state index contributed by atoms with van der Waals surface area (Å²) in [5.41, 5.74) is 0.899. The number of fused-ring (bicyclic) bond motifs is 1. The number of aliphatic hydroxyl groups is 2. The molecule has 2 rings (SSSR count). The van der Waals surface area contributed by atoms with Gasteiger partial charge >= 0.3 is 0 Å². The fourth-order valence-electron chi connectivity index (χ4n) is 1.91. The maximum atomic E-state index is 11.5. The summed E-state index contributed by atoms with van der Waals surface area (Å²) in [6.45, 7) is 0. The van der Waals surface area contributed by atoms with E-state index >= 15 is 0 Å². The summed E-state index contributed by atoms with van der Waals surface area (Å²) in [6, 6.07) is 4.68. The highest BCUT2D eigenvalue weighted by Crippen LogP contribution is 2.33. The molecule has 1 aliphatic rings. The third kappa shape index (κ3) is 2.19. The number of alkyl halides is 1. The van der Waals surface area contributed by atoms with E-state index in [9.17, 15) is 19.8 Å². The number of Topliss-reactive ketones (excluding diaryl/α,β-unsaturated/α-hetero) is 1. The van der Waals surface area contributed by atoms with Gasteiger partial charge in [0.2, 0.25) is 0 Å². The van der Waals surface area contributed by atoms with Gasteiger partial charge in [-0.2, -0.15) is 0 Å². The van der Waals surface area contributed by atoms with Gasteiger partial charge in [-0.3, -0.25) is 9.59 Å². The standard InChI is InChI=1S/C12H12BrNO4/c13-5-4-8(15)10(16)6-2-1-3-7-9(6)14-12(18)11(7)17/h1-3,8,10,15-16H,4-5H2,(H,14,17,18). The number of anilines is 1. The largest absolute Gasteiger partial charge is 0.390 e. The fourth-order valence-corrected chi connectivity index (χ4v) is 2.38. The minimum Gasteiger partial charge on any atom is -0.390 e. The number of para-hydroxylation sites is 1. The van der Waals surface area contributed by atoms with Crippen LogP contribution in [0.15, 0.2) is 18.2 Å². The molecule has 96 valence electrons. The lowest BCUT2D eigenvalue weighted by Crippen LogP contribution is -2.20. The molecule has 1 aliphatic heterocycles. The van der Waals surface area contributed by atoms with E-state index in [1.165, 1.54) is 6.07 Å². The van der Waals surface area contributed by atoms with E-state index in [0.29, 0.717) is 23.0 Å². The number of hydrogen-bond donors (Lipinski definition) is 3. The second-order valence-corrected chi connectivity index (χ2v) is 4.84. The predicted molar refractivity (Wildman–Crippen MR) is 68.8 cm³/mol. The van der Waals surface area contributed by atoms with Crippen molar-refractivity contribution in [2.24, 2.45) is 0 Å². The van der Waals surface area contributed by atoms with Gasteiger partial charge in [0.05, 0.1) is 17.4 Å². The molecule has 0 fully saturated rings. The van der Waals surface area contributed by atoms with Crippen molar-refractivity contribution in [1.82, 2.24) is 0 Å². The zero-order chi connectivity index (χ0) is 13.3. The highest BCUT2D eigenvalue weighted by molar-refractivity contribution is 9.09. The number of rotatable bonds is 4. The average molecular weight is 314 g/mol. The maximum Gasteiger partial charge on any atom is 0.296 e. The number of carbonyl (C=O) groups is 2. The first-order valence-corrected chi connectivity index (χ1v) is 6.59. The number of nitrogens with one attached hydrogen (secondary N) is 1. The second-order valence-electron chi connectivity index (χ2n) is 4.04. The summed E-state index contributed by atoms with van der Waals surface area (Å²) in [7, 11) is 0. The van der Waals surface area contributed by atoms with Gasteiger partial charge in [0.25, 0.3) is 11.7 Å². The van der Waals surface area contributed by atoms with Crippen LogP contribution in [0.4, 0.5) is 5.69 Å². The number of ketones is 1. The van der Waals surface area contributed by atoms with Crippen molar-refractivity contribution in [2.75, 3.05) is 10.6 Å². The molecule has 0 aliphatic carbocycles. The third-order valence-electron chi connectivity index (χ3n) is 2.87. The Labute approximate surface area is 112 Å². The molecule has 0 bridgehead atoms. The average Bonchev–Trinajstić information content (AvgIpc) is 2.65. The van der Waals surface area contributed by atoms with Crippen LogP contribution >= 0.6 is 15.9 Å². The van der Waals surface area contributed by atoms with Crippen LogP contribution in [0.5, 0.6) is 0 Å². The Morgan fingerprint density at radius 2 is 2.00 bits per heavy atom. The Balaban J connectivity index is 2.37. The van der Waals surface area contributed by atoms with E-state index < -0.39 is 23.9 Å². The van der Waals surface area contributed by atoms with Crippen LogP contribution in [0.1, 0.15) is 28.4 Å². The Bertz CT molecular complexity index is 503. The fraction of sp³-hybridized carbons (Fsp3) is 0.333. The van der Waals surface area contributed by atoms with Crippen molar-refractivity contribution in [3.05, 3.63) is 29.3 Å². The number of aliphatic hydroxyl groups excluding tert-OH is 2. The van der Waals surface area contributed by atoms with Crippen LogP contribution in [0.25, 0.3) is 0 Å². The van der Waals surface area contributed by atoms with E-state index in [4.69, 9.17) is 0 Å². The first-order chi connectivity index (χ1) is 8.56. The van der Waals surface area contributed by atoms with Crippen molar-refractivity contribution >= 4 is 33.3 Å². The van der Waals surface area contributed by atoms with Crippen LogP contribution in [-0.4, -0.2) is 33.3 Å². The lowest BCUT2D eigenvalue weighted by Gasteiger charge is -2.19. The number of carbonyl (C=O) groups excluding carboxylic acids is 2. The van der Waals surface area contributed by atoms with E-state index in [2.05, 4.69) is 21.2 Å². The Hall–Kier alpha value is -1.24. The number of halogens is 1. The predicted octanol–water partition coefficient (Wildman–Crippen LogP) is 1.00. The van der Waals surface area contributed by atoms with Gasteiger partial charge in [0.15, 0.2) is 0 Å². The van der Waals surface area contributed by atoms with Crippen LogP contribution in [0.3, 0.4) is 0 Å². The van der Waals surface area contributed by atoms with Crippen LogP contribution in [0, 0.1) is 0 Å². The van der Waals surface area contributed by atoms with Crippen molar-refractivity contribution in [1.29, 1.82) is 0 Å². The van der Waals surface area contributed by atoms with Gasteiger partial charge in [-0.15, -0.1) is 0 Å². The SMILES string of the molecule is O=C1Nc2c(cccc2C(O)C(O)CCBr)C1=O. The molecule has 1 aromatic carbocycles. The molecule has 1 heterocycles. The van der Waals surface area contributed by atoms with E-state index in [-0.39, 0.29) is 5.56 Å². The molecule has 1 amide bonds. The van der Waals surface area contributed by atoms with E-state index in [1.807, 2.05) is 0 Å². The summed E-state index contributed by atoms with van der Waals surface area (Å²) in [5, 5.41) is 22.7. The van der Waals surface area contributed by atoms with Crippen molar-refractivity contribution in [3.63, 3.8) is 0 Å². The molecule has 0 aromatic heterocycles. The van der Waals surface area contributed by atoms with E-state index in [0.717, 1.165) is 0 Å². The molecule has 0 saturated carbocycles. The highest BCUT2D eigenvalue weighted by Gasteiger charge is 2.32. The van der Waals surface area contributed by atoms with Gasteiger partial charge in [-0.05, 0) is 12.5 Å². The van der Waals surface area contributed by atoms with Gasteiger partial charge in [-0.1, -0.05) is 28.1 Å². The zero-order valence-corrected chi connectivity index (χ0v) is 11.0. The smallest absolute Gasteiger partial charge is 0.296 e. The molecule has 18 heavy (non-hydrogen) atoms. The lowest BCUT2D eigenvalue weighted by molar-refractivity contribution is -0.112. The van der Waals surface area contributed by atoms with Crippen LogP contribution < -0.4 is 5.32 Å². The van der Waals surface area contributed by atoms with Gasteiger partial charge < -0.3 is 15.5 Å². The molecule has 6 heteroatoms. The second kappa shape index (κ2) is 5.17. The molecule has 1 aromatic rings. The van der Waals surface area contributed by atoms with Crippen LogP contribution in [0.2, 0.25) is 0 Å². The topological polar surface area (TPSA) is 86.6 Å². The zero-order valence-electron chi connectivity index (χ0n) is 9.39. The summed E-state index contributed by atoms with van der Waals surface area (Å²) in [5.74, 6) is -1.33. The molecule has 5 nitrogen and oxygen atoms in total. The minimum absolute atomic E-state index is 0.239. The molecule has 2 unspecified atom stereocenters. The minimum atomic E-state index is -1.14. The summed E-state index contributed by atoms with van der Waals surface area (Å²) >= 11 is 3.18. The van der Waals surface area contributed by atoms with Crippen molar-refractivity contribution in [3.8, 4) is 0 Å².